The van der Waals surface area contributed by atoms with Crippen molar-refractivity contribution in [3.05, 3.63) is 35.9 Å². The van der Waals surface area contributed by atoms with E-state index in [2.05, 4.69) is 5.32 Å². The van der Waals surface area contributed by atoms with E-state index >= 15 is 0 Å². The van der Waals surface area contributed by atoms with E-state index in [1.807, 2.05) is 30.3 Å². The maximum atomic E-state index is 12.2. The van der Waals surface area contributed by atoms with Crippen LogP contribution in [0.4, 0.5) is 0 Å². The normalized spacial score (nSPS) is 16.8. The molecular weight excluding hydrogens is 342 g/mol. The van der Waals surface area contributed by atoms with Crippen LogP contribution in [0.2, 0.25) is 0 Å². The molecule has 0 bridgehead atoms. The first kappa shape index (κ1) is 21.4. The van der Waals surface area contributed by atoms with E-state index in [-0.39, 0.29) is 36.7 Å². The monoisotopic (exact) mass is 369 g/mol. The van der Waals surface area contributed by atoms with Gasteiger partial charge in [0.2, 0.25) is 11.8 Å². The molecule has 6 nitrogen and oxygen atoms in total. The van der Waals surface area contributed by atoms with E-state index in [1.54, 1.807) is 4.90 Å². The van der Waals surface area contributed by atoms with Gasteiger partial charge in [-0.3, -0.25) is 9.59 Å². The summed E-state index contributed by atoms with van der Waals surface area (Å²) in [5, 5.41) is 2.80. The summed E-state index contributed by atoms with van der Waals surface area (Å²) in [5.41, 5.74) is 6.59. The van der Waals surface area contributed by atoms with Crippen molar-refractivity contribution in [2.75, 3.05) is 39.4 Å². The zero-order valence-electron chi connectivity index (χ0n) is 14.5. The minimum absolute atomic E-state index is 0. The molecule has 0 saturated carbocycles. The van der Waals surface area contributed by atoms with Gasteiger partial charge in [-0.15, -0.1) is 12.4 Å². The van der Waals surface area contributed by atoms with Crippen molar-refractivity contribution in [3.63, 3.8) is 0 Å². The summed E-state index contributed by atoms with van der Waals surface area (Å²) in [5.74, 6) is -0.194. The third-order valence-corrected chi connectivity index (χ3v) is 4.19. The number of nitrogens with zero attached hydrogens (tertiary/aromatic N) is 1. The molecule has 1 aliphatic rings. The summed E-state index contributed by atoms with van der Waals surface area (Å²) in [6.07, 6.45) is 2.45. The first-order chi connectivity index (χ1) is 11.7. The number of ether oxygens (including phenoxy) is 1. The predicted octanol–water partition coefficient (Wildman–Crippen LogP) is 0.981. The smallest absolute Gasteiger partial charge is 0.248 e. The molecular formula is C18H28ClN3O3. The highest BCUT2D eigenvalue weighted by molar-refractivity contribution is 5.85. The van der Waals surface area contributed by atoms with Crippen LogP contribution in [0, 0.1) is 5.92 Å². The van der Waals surface area contributed by atoms with Crippen LogP contribution < -0.4 is 11.1 Å². The first-order valence-electron chi connectivity index (χ1n) is 8.58. The summed E-state index contributed by atoms with van der Waals surface area (Å²) in [4.78, 5) is 26.0. The van der Waals surface area contributed by atoms with Gasteiger partial charge in [-0.2, -0.15) is 0 Å². The van der Waals surface area contributed by atoms with Gasteiger partial charge in [-0.05, 0) is 24.8 Å². The number of halogens is 1. The molecule has 1 heterocycles. The fourth-order valence-corrected chi connectivity index (χ4v) is 2.84. The molecule has 1 fully saturated rings. The number of likely N-dealkylation sites (tertiary alicyclic amines) is 1. The maximum absolute atomic E-state index is 12.2. The molecule has 0 spiro atoms. The number of nitrogens with two attached hydrogens (primary N) is 1. The lowest BCUT2D eigenvalue weighted by Crippen LogP contribution is -2.47. The highest BCUT2D eigenvalue weighted by atomic mass is 35.5. The number of amides is 2. The first-order valence-corrected chi connectivity index (χ1v) is 8.58. The summed E-state index contributed by atoms with van der Waals surface area (Å²) >= 11 is 0. The molecule has 1 aromatic carbocycles. The molecule has 0 aromatic heterocycles. The average molecular weight is 370 g/mol. The lowest BCUT2D eigenvalue weighted by Gasteiger charge is -2.32. The Balaban J connectivity index is 0.00000312. The number of piperidine rings is 1. The summed E-state index contributed by atoms with van der Waals surface area (Å²) in [7, 11) is 0. The number of benzene rings is 1. The lowest BCUT2D eigenvalue weighted by atomic mass is 9.97. The number of carbonyl (C=O) groups is 2. The lowest BCUT2D eigenvalue weighted by molar-refractivity contribution is -0.139. The third kappa shape index (κ3) is 7.42. The van der Waals surface area contributed by atoms with E-state index in [0.717, 1.165) is 19.3 Å². The van der Waals surface area contributed by atoms with Crippen LogP contribution in [0.5, 0.6) is 0 Å². The fourth-order valence-electron chi connectivity index (χ4n) is 2.84. The molecule has 3 N–H and O–H groups in total. The van der Waals surface area contributed by atoms with Crippen LogP contribution >= 0.6 is 12.4 Å². The highest BCUT2D eigenvalue weighted by Crippen LogP contribution is 2.16. The second kappa shape index (κ2) is 11.8. The molecule has 1 aromatic rings. The van der Waals surface area contributed by atoms with Gasteiger partial charge in [-0.25, -0.2) is 0 Å². The molecule has 1 aliphatic heterocycles. The number of rotatable bonds is 8. The molecule has 0 aliphatic carbocycles. The van der Waals surface area contributed by atoms with Gasteiger partial charge in [0.25, 0.3) is 0 Å². The zero-order valence-corrected chi connectivity index (χ0v) is 15.3. The molecule has 2 amide bonds. The molecule has 7 heteroatoms. The second-order valence-corrected chi connectivity index (χ2v) is 6.05. The molecule has 1 saturated heterocycles. The Morgan fingerprint density at radius 1 is 1.28 bits per heavy atom. The van der Waals surface area contributed by atoms with Gasteiger partial charge in [0.15, 0.2) is 0 Å². The Morgan fingerprint density at radius 2 is 2.04 bits per heavy atom. The Hall–Kier alpha value is -1.63. The summed E-state index contributed by atoms with van der Waals surface area (Å²) in [6.45, 7) is 2.66. The third-order valence-electron chi connectivity index (χ3n) is 4.19. The average Bonchev–Trinajstić information content (AvgIpc) is 2.64. The Labute approximate surface area is 155 Å². The topological polar surface area (TPSA) is 84.7 Å². The van der Waals surface area contributed by atoms with Crippen molar-refractivity contribution in [1.82, 2.24) is 10.2 Å². The van der Waals surface area contributed by atoms with Crippen molar-refractivity contribution in [1.29, 1.82) is 0 Å². The van der Waals surface area contributed by atoms with Crippen LogP contribution in [0.25, 0.3) is 0 Å². The molecule has 2 rings (SSSR count). The fraction of sp³-hybridized carbons (Fsp3) is 0.556. The standard InChI is InChI=1S/C18H27N3O3.ClH/c19-9-10-20-18(23)16-7-4-11-21(13-16)17(22)14-24-12-8-15-5-2-1-3-6-15;/h1-3,5-6,16H,4,7-14,19H2,(H,20,23);1H. The van der Waals surface area contributed by atoms with Crippen molar-refractivity contribution >= 4 is 24.2 Å². The van der Waals surface area contributed by atoms with Gasteiger partial charge in [0, 0.05) is 26.2 Å². The minimum atomic E-state index is -0.140. The highest BCUT2D eigenvalue weighted by Gasteiger charge is 2.28. The predicted molar refractivity (Wildman–Crippen MR) is 99.6 cm³/mol. The number of carbonyl (C=O) groups excluding carboxylic acids is 2. The number of hydrogen-bond acceptors (Lipinski definition) is 4. The van der Waals surface area contributed by atoms with Crippen LogP contribution in [0.3, 0.4) is 0 Å². The summed E-state index contributed by atoms with van der Waals surface area (Å²) < 4.78 is 5.50. The summed E-state index contributed by atoms with van der Waals surface area (Å²) in [6, 6.07) is 10.0. The van der Waals surface area contributed by atoms with Gasteiger partial charge in [0.05, 0.1) is 12.5 Å². The minimum Gasteiger partial charge on any atom is -0.371 e. The number of nitrogens with one attached hydrogen (secondary N) is 1. The number of hydrogen-bond donors (Lipinski definition) is 2. The molecule has 0 radical (unpaired) electrons. The Morgan fingerprint density at radius 3 is 2.76 bits per heavy atom. The van der Waals surface area contributed by atoms with E-state index < -0.39 is 0 Å². The van der Waals surface area contributed by atoms with Gasteiger partial charge < -0.3 is 20.7 Å². The maximum Gasteiger partial charge on any atom is 0.248 e. The van der Waals surface area contributed by atoms with Crippen LogP contribution in [0.1, 0.15) is 18.4 Å². The largest absolute Gasteiger partial charge is 0.371 e. The van der Waals surface area contributed by atoms with Crippen LogP contribution in [-0.4, -0.2) is 56.1 Å². The van der Waals surface area contributed by atoms with Crippen LogP contribution in [-0.2, 0) is 20.7 Å². The quantitative estimate of drug-likeness (QED) is 0.669. The Kier molecular flexibility index (Phi) is 10.1. The van der Waals surface area contributed by atoms with Crippen molar-refractivity contribution in [2.45, 2.75) is 19.3 Å². The van der Waals surface area contributed by atoms with Gasteiger partial charge in [0.1, 0.15) is 6.61 Å². The zero-order chi connectivity index (χ0) is 17.2. The SMILES string of the molecule is Cl.NCCNC(=O)C1CCCN(C(=O)COCCc2ccccc2)C1. The molecule has 1 atom stereocenters. The van der Waals surface area contributed by atoms with Gasteiger partial charge >= 0.3 is 0 Å². The van der Waals surface area contributed by atoms with Gasteiger partial charge in [-0.1, -0.05) is 30.3 Å². The van der Waals surface area contributed by atoms with Crippen molar-refractivity contribution < 1.29 is 14.3 Å². The van der Waals surface area contributed by atoms with E-state index in [1.165, 1.54) is 5.56 Å². The Bertz CT molecular complexity index is 528. The van der Waals surface area contributed by atoms with E-state index in [4.69, 9.17) is 10.5 Å². The molecule has 140 valence electrons. The van der Waals surface area contributed by atoms with Crippen molar-refractivity contribution in [3.8, 4) is 0 Å². The second-order valence-electron chi connectivity index (χ2n) is 6.05. The van der Waals surface area contributed by atoms with E-state index in [0.29, 0.717) is 32.8 Å². The van der Waals surface area contributed by atoms with E-state index in [9.17, 15) is 9.59 Å². The molecule has 25 heavy (non-hydrogen) atoms. The molecule has 1 unspecified atom stereocenters. The van der Waals surface area contributed by atoms with Crippen molar-refractivity contribution in [2.24, 2.45) is 11.7 Å². The van der Waals surface area contributed by atoms with Crippen LogP contribution in [0.15, 0.2) is 30.3 Å².